The molecular weight excluding hydrogens is 188 g/mol. The molecule has 1 aliphatic rings. The minimum Gasteiger partial charge on any atom is -0.356 e. The smallest absolute Gasteiger partial charge is 0.220 e. The third kappa shape index (κ3) is 5.78. The van der Waals surface area contributed by atoms with Crippen LogP contribution in [0, 0.1) is 5.41 Å². The summed E-state index contributed by atoms with van der Waals surface area (Å²) >= 11 is 0. The van der Waals surface area contributed by atoms with Gasteiger partial charge in [0.05, 0.1) is 0 Å². The number of nitrogens with one attached hydrogen (secondary N) is 2. The molecule has 0 saturated carbocycles. The van der Waals surface area contributed by atoms with Gasteiger partial charge >= 0.3 is 0 Å². The van der Waals surface area contributed by atoms with Gasteiger partial charge in [0.25, 0.3) is 0 Å². The molecule has 1 fully saturated rings. The van der Waals surface area contributed by atoms with Gasteiger partial charge < -0.3 is 10.6 Å². The van der Waals surface area contributed by atoms with E-state index in [0.717, 1.165) is 19.5 Å². The molecule has 1 amide bonds. The van der Waals surface area contributed by atoms with Crippen LogP contribution in [0.5, 0.6) is 0 Å². The number of carbonyl (C=O) groups is 1. The summed E-state index contributed by atoms with van der Waals surface area (Å²) in [7, 11) is 0. The predicted molar refractivity (Wildman–Crippen MR) is 62.7 cm³/mol. The quantitative estimate of drug-likeness (QED) is 0.744. The Morgan fingerprint density at radius 2 is 2.20 bits per heavy atom. The fourth-order valence-electron chi connectivity index (χ4n) is 1.76. The third-order valence-corrected chi connectivity index (χ3v) is 2.70. The Labute approximate surface area is 93.0 Å². The van der Waals surface area contributed by atoms with Gasteiger partial charge in [0.1, 0.15) is 0 Å². The lowest BCUT2D eigenvalue weighted by Gasteiger charge is -2.19. The molecule has 1 saturated heterocycles. The van der Waals surface area contributed by atoms with E-state index >= 15 is 0 Å². The minimum atomic E-state index is 0.182. The Balaban J connectivity index is 2.08. The third-order valence-electron chi connectivity index (χ3n) is 2.70. The van der Waals surface area contributed by atoms with Crippen LogP contribution in [0.1, 0.15) is 46.5 Å². The van der Waals surface area contributed by atoms with Crippen molar-refractivity contribution in [3.63, 3.8) is 0 Å². The maximum atomic E-state index is 11.5. The largest absolute Gasteiger partial charge is 0.356 e. The number of rotatable bonds is 4. The summed E-state index contributed by atoms with van der Waals surface area (Å²) in [5.74, 6) is 0.193. The molecule has 1 rings (SSSR count). The lowest BCUT2D eigenvalue weighted by molar-refractivity contribution is -0.121. The first-order valence-electron chi connectivity index (χ1n) is 5.97. The summed E-state index contributed by atoms with van der Waals surface area (Å²) < 4.78 is 0. The minimum absolute atomic E-state index is 0.182. The molecule has 0 aliphatic carbocycles. The van der Waals surface area contributed by atoms with Crippen LogP contribution in [0.4, 0.5) is 0 Å². The van der Waals surface area contributed by atoms with Gasteiger partial charge in [-0.05, 0) is 31.2 Å². The standard InChI is InChI=1S/C12H24N2O/c1-12(2,3)9-14-11(15)7-6-10-5-4-8-13-10/h10,13H,4-9H2,1-3H3,(H,14,15). The molecule has 0 bridgehead atoms. The molecule has 3 heteroatoms. The SMILES string of the molecule is CC(C)(C)CNC(=O)CCC1CCCN1. The summed E-state index contributed by atoms with van der Waals surface area (Å²) in [6.07, 6.45) is 4.13. The van der Waals surface area contributed by atoms with Crippen molar-refractivity contribution in [2.75, 3.05) is 13.1 Å². The van der Waals surface area contributed by atoms with E-state index in [2.05, 4.69) is 31.4 Å². The predicted octanol–water partition coefficient (Wildman–Crippen LogP) is 1.68. The molecule has 2 N–H and O–H groups in total. The second kappa shape index (κ2) is 5.50. The molecule has 88 valence electrons. The van der Waals surface area contributed by atoms with E-state index in [-0.39, 0.29) is 11.3 Å². The lowest BCUT2D eigenvalue weighted by Crippen LogP contribution is -2.33. The monoisotopic (exact) mass is 212 g/mol. The van der Waals surface area contributed by atoms with E-state index in [1.807, 2.05) is 0 Å². The molecule has 0 radical (unpaired) electrons. The normalized spacial score (nSPS) is 21.7. The number of hydrogen-bond acceptors (Lipinski definition) is 2. The highest BCUT2D eigenvalue weighted by Gasteiger charge is 2.16. The Bertz CT molecular complexity index is 202. The maximum absolute atomic E-state index is 11.5. The van der Waals surface area contributed by atoms with Crippen LogP contribution in [0.2, 0.25) is 0 Å². The van der Waals surface area contributed by atoms with Crippen molar-refractivity contribution in [3.8, 4) is 0 Å². The van der Waals surface area contributed by atoms with E-state index in [1.54, 1.807) is 0 Å². The highest BCUT2D eigenvalue weighted by Crippen LogP contribution is 2.12. The van der Waals surface area contributed by atoms with Gasteiger partial charge in [-0.25, -0.2) is 0 Å². The fourth-order valence-corrected chi connectivity index (χ4v) is 1.76. The van der Waals surface area contributed by atoms with Crippen molar-refractivity contribution < 1.29 is 4.79 Å². The molecule has 1 atom stereocenters. The summed E-state index contributed by atoms with van der Waals surface area (Å²) in [4.78, 5) is 11.5. The van der Waals surface area contributed by atoms with Crippen molar-refractivity contribution >= 4 is 5.91 Å². The van der Waals surface area contributed by atoms with Crippen LogP contribution in [0.3, 0.4) is 0 Å². The van der Waals surface area contributed by atoms with Crippen molar-refractivity contribution in [2.24, 2.45) is 5.41 Å². The van der Waals surface area contributed by atoms with Gasteiger partial charge in [0.15, 0.2) is 0 Å². The van der Waals surface area contributed by atoms with Crippen LogP contribution in [-0.4, -0.2) is 25.0 Å². The van der Waals surface area contributed by atoms with Crippen LogP contribution in [-0.2, 0) is 4.79 Å². The average Bonchev–Trinajstić information content (AvgIpc) is 2.62. The summed E-state index contributed by atoms with van der Waals surface area (Å²) in [6, 6.07) is 0.574. The number of carbonyl (C=O) groups excluding carboxylic acids is 1. The van der Waals surface area contributed by atoms with Crippen molar-refractivity contribution in [1.29, 1.82) is 0 Å². The highest BCUT2D eigenvalue weighted by atomic mass is 16.1. The van der Waals surface area contributed by atoms with Crippen molar-refractivity contribution in [3.05, 3.63) is 0 Å². The topological polar surface area (TPSA) is 41.1 Å². The molecule has 3 nitrogen and oxygen atoms in total. The Morgan fingerprint density at radius 1 is 1.47 bits per heavy atom. The molecule has 1 aliphatic heterocycles. The van der Waals surface area contributed by atoms with E-state index in [9.17, 15) is 4.79 Å². The van der Waals surface area contributed by atoms with Gasteiger partial charge in [-0.1, -0.05) is 20.8 Å². The summed E-state index contributed by atoms with van der Waals surface area (Å²) in [5, 5.41) is 6.38. The van der Waals surface area contributed by atoms with Crippen molar-refractivity contribution in [2.45, 2.75) is 52.5 Å². The molecule has 0 aromatic carbocycles. The van der Waals surface area contributed by atoms with Crippen molar-refractivity contribution in [1.82, 2.24) is 10.6 Å². The summed E-state index contributed by atoms with van der Waals surface area (Å²) in [5.41, 5.74) is 0.182. The highest BCUT2D eigenvalue weighted by molar-refractivity contribution is 5.75. The van der Waals surface area contributed by atoms with E-state index in [1.165, 1.54) is 12.8 Å². The van der Waals surface area contributed by atoms with E-state index in [0.29, 0.717) is 12.5 Å². The van der Waals surface area contributed by atoms with Gasteiger partial charge in [0, 0.05) is 19.0 Å². The van der Waals surface area contributed by atoms with Gasteiger partial charge in [-0.2, -0.15) is 0 Å². The molecule has 0 aromatic heterocycles. The van der Waals surface area contributed by atoms with E-state index in [4.69, 9.17) is 0 Å². The van der Waals surface area contributed by atoms with E-state index < -0.39 is 0 Å². The first-order valence-corrected chi connectivity index (χ1v) is 5.97. The molecular formula is C12H24N2O. The second-order valence-corrected chi connectivity index (χ2v) is 5.67. The zero-order chi connectivity index (χ0) is 11.3. The Hall–Kier alpha value is -0.570. The Morgan fingerprint density at radius 3 is 2.73 bits per heavy atom. The maximum Gasteiger partial charge on any atom is 0.220 e. The molecule has 1 heterocycles. The molecule has 0 aromatic rings. The van der Waals surface area contributed by atoms with Crippen LogP contribution < -0.4 is 10.6 Å². The first-order chi connectivity index (χ1) is 6.97. The fraction of sp³-hybridized carbons (Fsp3) is 0.917. The van der Waals surface area contributed by atoms with Crippen LogP contribution in [0.15, 0.2) is 0 Å². The molecule has 0 spiro atoms. The first kappa shape index (κ1) is 12.5. The van der Waals surface area contributed by atoms with Crippen LogP contribution >= 0.6 is 0 Å². The van der Waals surface area contributed by atoms with Crippen LogP contribution in [0.25, 0.3) is 0 Å². The molecule has 1 unspecified atom stereocenters. The summed E-state index contributed by atoms with van der Waals surface area (Å²) in [6.45, 7) is 8.28. The van der Waals surface area contributed by atoms with Gasteiger partial charge in [-0.3, -0.25) is 4.79 Å². The lowest BCUT2D eigenvalue weighted by atomic mass is 9.97. The molecule has 15 heavy (non-hydrogen) atoms. The zero-order valence-corrected chi connectivity index (χ0v) is 10.2. The number of hydrogen-bond donors (Lipinski definition) is 2. The number of amides is 1. The van der Waals surface area contributed by atoms with Gasteiger partial charge in [-0.15, -0.1) is 0 Å². The Kier molecular flexibility index (Phi) is 4.58. The van der Waals surface area contributed by atoms with Gasteiger partial charge in [0.2, 0.25) is 5.91 Å². The average molecular weight is 212 g/mol. The zero-order valence-electron chi connectivity index (χ0n) is 10.2. The second-order valence-electron chi connectivity index (χ2n) is 5.67.